The highest BCUT2D eigenvalue weighted by Gasteiger charge is 2.32. The van der Waals surface area contributed by atoms with Gasteiger partial charge in [0.05, 0.1) is 5.56 Å². The molecule has 7 heteroatoms. The standard InChI is InChI=1S/C14H10F3NO3/c1-8-5-6-9(7-10(8)14(15,16)17)21-12-4-2-3-11(18-12)13(19)20/h2-7H,1H3,(H,19,20). The molecule has 21 heavy (non-hydrogen) atoms. The summed E-state index contributed by atoms with van der Waals surface area (Å²) >= 11 is 0. The molecule has 1 aromatic heterocycles. The Bertz CT molecular complexity index is 683. The van der Waals surface area contributed by atoms with Crippen molar-refractivity contribution in [3.8, 4) is 11.6 Å². The van der Waals surface area contributed by atoms with E-state index in [9.17, 15) is 18.0 Å². The number of carboxylic acids is 1. The smallest absolute Gasteiger partial charge is 0.416 e. The Morgan fingerprint density at radius 2 is 1.95 bits per heavy atom. The number of aromatic nitrogens is 1. The van der Waals surface area contributed by atoms with E-state index in [4.69, 9.17) is 9.84 Å². The van der Waals surface area contributed by atoms with Gasteiger partial charge in [0.2, 0.25) is 5.88 Å². The maximum Gasteiger partial charge on any atom is 0.416 e. The van der Waals surface area contributed by atoms with Gasteiger partial charge in [0.15, 0.2) is 5.69 Å². The predicted octanol–water partition coefficient (Wildman–Crippen LogP) is 3.90. The van der Waals surface area contributed by atoms with Crippen LogP contribution in [0.5, 0.6) is 11.6 Å². The van der Waals surface area contributed by atoms with E-state index in [2.05, 4.69) is 4.98 Å². The molecule has 0 atom stereocenters. The minimum Gasteiger partial charge on any atom is -0.477 e. The van der Waals surface area contributed by atoms with Gasteiger partial charge in [-0.2, -0.15) is 13.2 Å². The quantitative estimate of drug-likeness (QED) is 0.933. The lowest BCUT2D eigenvalue weighted by Gasteiger charge is -2.12. The summed E-state index contributed by atoms with van der Waals surface area (Å²) in [6, 6.07) is 7.50. The second kappa shape index (κ2) is 5.43. The van der Waals surface area contributed by atoms with E-state index in [0.717, 1.165) is 6.07 Å². The third-order valence-electron chi connectivity index (χ3n) is 2.68. The molecule has 0 amide bonds. The Kier molecular flexibility index (Phi) is 3.84. The minimum atomic E-state index is -4.49. The van der Waals surface area contributed by atoms with Crippen molar-refractivity contribution in [3.63, 3.8) is 0 Å². The summed E-state index contributed by atoms with van der Waals surface area (Å²) in [6.45, 7) is 1.34. The number of hydrogen-bond acceptors (Lipinski definition) is 3. The Labute approximate surface area is 117 Å². The zero-order chi connectivity index (χ0) is 15.6. The number of benzene rings is 1. The molecule has 110 valence electrons. The number of aryl methyl sites for hydroxylation is 1. The Morgan fingerprint density at radius 1 is 1.24 bits per heavy atom. The number of rotatable bonds is 3. The third-order valence-corrected chi connectivity index (χ3v) is 2.68. The van der Waals surface area contributed by atoms with Crippen molar-refractivity contribution < 1.29 is 27.8 Å². The molecule has 0 saturated carbocycles. The Morgan fingerprint density at radius 3 is 2.57 bits per heavy atom. The van der Waals surface area contributed by atoms with Crippen LogP contribution in [-0.4, -0.2) is 16.1 Å². The van der Waals surface area contributed by atoms with Gasteiger partial charge < -0.3 is 9.84 Å². The summed E-state index contributed by atoms with van der Waals surface area (Å²) in [5.74, 6) is -1.41. The van der Waals surface area contributed by atoms with Crippen LogP contribution in [0.25, 0.3) is 0 Å². The third kappa shape index (κ3) is 3.50. The van der Waals surface area contributed by atoms with E-state index in [1.165, 1.54) is 37.3 Å². The molecule has 0 aliphatic heterocycles. The van der Waals surface area contributed by atoms with Crippen molar-refractivity contribution in [2.45, 2.75) is 13.1 Å². The number of pyridine rings is 1. The summed E-state index contributed by atoms with van der Waals surface area (Å²) < 4.78 is 43.6. The number of halogens is 3. The summed E-state index contributed by atoms with van der Waals surface area (Å²) in [4.78, 5) is 14.4. The molecule has 0 spiro atoms. The molecule has 1 aromatic carbocycles. The molecule has 0 bridgehead atoms. The van der Waals surface area contributed by atoms with Gasteiger partial charge in [-0.3, -0.25) is 0 Å². The van der Waals surface area contributed by atoms with E-state index in [0.29, 0.717) is 0 Å². The number of alkyl halides is 3. The molecular formula is C14H10F3NO3. The zero-order valence-corrected chi connectivity index (χ0v) is 10.8. The molecule has 2 rings (SSSR count). The number of ether oxygens (including phenoxy) is 1. The first-order valence-electron chi connectivity index (χ1n) is 5.83. The van der Waals surface area contributed by atoms with Crippen LogP contribution in [0, 0.1) is 6.92 Å². The van der Waals surface area contributed by atoms with Crippen LogP contribution in [0.1, 0.15) is 21.6 Å². The summed E-state index contributed by atoms with van der Waals surface area (Å²) in [5.41, 5.74) is -0.993. The second-order valence-corrected chi connectivity index (χ2v) is 4.24. The van der Waals surface area contributed by atoms with Crippen LogP contribution in [0.3, 0.4) is 0 Å². The molecule has 1 heterocycles. The van der Waals surface area contributed by atoms with E-state index in [-0.39, 0.29) is 22.9 Å². The van der Waals surface area contributed by atoms with Gasteiger partial charge in [0.25, 0.3) is 0 Å². The highest BCUT2D eigenvalue weighted by Crippen LogP contribution is 2.34. The van der Waals surface area contributed by atoms with Gasteiger partial charge in [-0.05, 0) is 30.7 Å². The van der Waals surface area contributed by atoms with Crippen LogP contribution in [0.4, 0.5) is 13.2 Å². The largest absolute Gasteiger partial charge is 0.477 e. The number of hydrogen-bond donors (Lipinski definition) is 1. The van der Waals surface area contributed by atoms with Crippen LogP contribution in [-0.2, 0) is 6.18 Å². The zero-order valence-electron chi connectivity index (χ0n) is 10.8. The number of aromatic carboxylic acids is 1. The molecule has 0 aliphatic rings. The maximum absolute atomic E-state index is 12.8. The van der Waals surface area contributed by atoms with Crippen LogP contribution in [0.15, 0.2) is 36.4 Å². The van der Waals surface area contributed by atoms with Gasteiger partial charge >= 0.3 is 12.1 Å². The summed E-state index contributed by atoms with van der Waals surface area (Å²) in [6.07, 6.45) is -4.49. The Hall–Kier alpha value is -2.57. The van der Waals surface area contributed by atoms with Gasteiger partial charge in [-0.25, -0.2) is 9.78 Å². The lowest BCUT2D eigenvalue weighted by Crippen LogP contribution is -2.07. The lowest BCUT2D eigenvalue weighted by atomic mass is 10.1. The van der Waals surface area contributed by atoms with Gasteiger partial charge in [0, 0.05) is 6.07 Å². The minimum absolute atomic E-state index is 0.0667. The first kappa shape index (κ1) is 14.8. The van der Waals surface area contributed by atoms with Crippen molar-refractivity contribution in [1.82, 2.24) is 4.98 Å². The molecule has 1 N–H and O–H groups in total. The van der Waals surface area contributed by atoms with E-state index < -0.39 is 17.7 Å². The molecule has 0 aliphatic carbocycles. The SMILES string of the molecule is Cc1ccc(Oc2cccc(C(=O)O)n2)cc1C(F)(F)F. The first-order valence-corrected chi connectivity index (χ1v) is 5.83. The molecule has 2 aromatic rings. The fraction of sp³-hybridized carbons (Fsp3) is 0.143. The molecule has 0 fully saturated rings. The number of nitrogens with zero attached hydrogens (tertiary/aromatic N) is 1. The molecule has 0 radical (unpaired) electrons. The average molecular weight is 297 g/mol. The summed E-state index contributed by atoms with van der Waals surface area (Å²) in [5, 5.41) is 8.80. The van der Waals surface area contributed by atoms with Crippen molar-refractivity contribution in [2.75, 3.05) is 0 Å². The lowest BCUT2D eigenvalue weighted by molar-refractivity contribution is -0.138. The number of carbonyl (C=O) groups is 1. The van der Waals surface area contributed by atoms with E-state index in [1.807, 2.05) is 0 Å². The number of carboxylic acid groups (broad SMARTS) is 1. The highest BCUT2D eigenvalue weighted by atomic mass is 19.4. The molecule has 4 nitrogen and oxygen atoms in total. The Balaban J connectivity index is 2.32. The predicted molar refractivity (Wildman–Crippen MR) is 67.5 cm³/mol. The van der Waals surface area contributed by atoms with Crippen molar-refractivity contribution in [2.24, 2.45) is 0 Å². The van der Waals surface area contributed by atoms with Crippen molar-refractivity contribution in [3.05, 3.63) is 53.2 Å². The van der Waals surface area contributed by atoms with E-state index in [1.54, 1.807) is 0 Å². The van der Waals surface area contributed by atoms with Crippen LogP contribution < -0.4 is 4.74 Å². The van der Waals surface area contributed by atoms with Gasteiger partial charge in [-0.1, -0.05) is 12.1 Å². The molecule has 0 saturated heterocycles. The summed E-state index contributed by atoms with van der Waals surface area (Å²) in [7, 11) is 0. The fourth-order valence-corrected chi connectivity index (χ4v) is 1.68. The first-order chi connectivity index (χ1) is 9.77. The van der Waals surface area contributed by atoms with Crippen LogP contribution in [0.2, 0.25) is 0 Å². The second-order valence-electron chi connectivity index (χ2n) is 4.24. The maximum atomic E-state index is 12.8. The van der Waals surface area contributed by atoms with Crippen molar-refractivity contribution >= 4 is 5.97 Å². The fourth-order valence-electron chi connectivity index (χ4n) is 1.68. The average Bonchev–Trinajstić information content (AvgIpc) is 2.40. The normalized spacial score (nSPS) is 11.2. The van der Waals surface area contributed by atoms with Gasteiger partial charge in [0.1, 0.15) is 5.75 Å². The van der Waals surface area contributed by atoms with Crippen molar-refractivity contribution in [1.29, 1.82) is 0 Å². The highest BCUT2D eigenvalue weighted by molar-refractivity contribution is 5.85. The molecule has 0 unspecified atom stereocenters. The topological polar surface area (TPSA) is 59.4 Å². The molecular weight excluding hydrogens is 287 g/mol. The van der Waals surface area contributed by atoms with Crippen LogP contribution >= 0.6 is 0 Å². The van der Waals surface area contributed by atoms with Gasteiger partial charge in [-0.15, -0.1) is 0 Å². The van der Waals surface area contributed by atoms with E-state index >= 15 is 0 Å². The monoisotopic (exact) mass is 297 g/mol.